The van der Waals surface area contributed by atoms with Crippen molar-refractivity contribution >= 4 is 33.4 Å². The zero-order valence-corrected chi connectivity index (χ0v) is 9.59. The quantitative estimate of drug-likeness (QED) is 0.427. The van der Waals surface area contributed by atoms with E-state index in [0.717, 1.165) is 0 Å². The lowest BCUT2D eigenvalue weighted by molar-refractivity contribution is -0.114. The summed E-state index contributed by atoms with van der Waals surface area (Å²) in [6.45, 7) is 1.41. The SMILES string of the molecule is CC(=O)Nc1ccc(C(=O)NN)cc1Br. The minimum absolute atomic E-state index is 0.174. The van der Waals surface area contributed by atoms with E-state index < -0.39 is 0 Å². The Balaban J connectivity index is 2.97. The lowest BCUT2D eigenvalue weighted by atomic mass is 10.2. The van der Waals surface area contributed by atoms with E-state index in [-0.39, 0.29) is 11.8 Å². The summed E-state index contributed by atoms with van der Waals surface area (Å²) < 4.78 is 0.624. The molecule has 0 aromatic heterocycles. The van der Waals surface area contributed by atoms with Crippen molar-refractivity contribution in [2.45, 2.75) is 6.92 Å². The number of rotatable bonds is 2. The largest absolute Gasteiger partial charge is 0.325 e. The van der Waals surface area contributed by atoms with E-state index in [1.54, 1.807) is 18.2 Å². The van der Waals surface area contributed by atoms with Gasteiger partial charge in [0.1, 0.15) is 0 Å². The maximum Gasteiger partial charge on any atom is 0.265 e. The van der Waals surface area contributed by atoms with Gasteiger partial charge in [-0.1, -0.05) is 0 Å². The van der Waals surface area contributed by atoms with Crippen LogP contribution < -0.4 is 16.6 Å². The Bertz CT molecular complexity index is 406. The van der Waals surface area contributed by atoms with Gasteiger partial charge in [0.25, 0.3) is 5.91 Å². The summed E-state index contributed by atoms with van der Waals surface area (Å²) >= 11 is 3.24. The Hall–Kier alpha value is -1.40. The van der Waals surface area contributed by atoms with Gasteiger partial charge in [-0.3, -0.25) is 15.0 Å². The van der Waals surface area contributed by atoms with Crippen LogP contribution in [-0.2, 0) is 4.79 Å². The van der Waals surface area contributed by atoms with Gasteiger partial charge in [-0.05, 0) is 34.1 Å². The van der Waals surface area contributed by atoms with Gasteiger partial charge in [-0.25, -0.2) is 5.84 Å². The maximum atomic E-state index is 11.2. The van der Waals surface area contributed by atoms with E-state index in [9.17, 15) is 9.59 Å². The van der Waals surface area contributed by atoms with Gasteiger partial charge in [0.05, 0.1) is 5.69 Å². The number of hydrogen-bond donors (Lipinski definition) is 3. The summed E-state index contributed by atoms with van der Waals surface area (Å²) in [7, 11) is 0. The molecule has 0 atom stereocenters. The van der Waals surface area contributed by atoms with E-state index in [4.69, 9.17) is 5.84 Å². The van der Waals surface area contributed by atoms with Crippen molar-refractivity contribution < 1.29 is 9.59 Å². The van der Waals surface area contributed by atoms with E-state index in [0.29, 0.717) is 15.7 Å². The number of anilines is 1. The van der Waals surface area contributed by atoms with Gasteiger partial charge in [0.2, 0.25) is 5.91 Å². The molecule has 0 unspecified atom stereocenters. The van der Waals surface area contributed by atoms with Crippen molar-refractivity contribution in [2.24, 2.45) is 5.84 Å². The third-order valence-electron chi connectivity index (χ3n) is 1.67. The first-order valence-corrected chi connectivity index (χ1v) is 4.92. The first kappa shape index (κ1) is 11.7. The number of halogens is 1. The smallest absolute Gasteiger partial charge is 0.265 e. The van der Waals surface area contributed by atoms with Crippen LogP contribution >= 0.6 is 15.9 Å². The third kappa shape index (κ3) is 3.03. The second-order valence-corrected chi connectivity index (χ2v) is 3.70. The second kappa shape index (κ2) is 4.90. The fraction of sp³-hybridized carbons (Fsp3) is 0.111. The minimum atomic E-state index is -0.384. The molecule has 0 radical (unpaired) electrons. The normalized spacial score (nSPS) is 9.53. The van der Waals surface area contributed by atoms with Gasteiger partial charge in [0.15, 0.2) is 0 Å². The van der Waals surface area contributed by atoms with E-state index in [1.807, 2.05) is 5.43 Å². The second-order valence-electron chi connectivity index (χ2n) is 2.85. The number of amides is 2. The number of benzene rings is 1. The molecule has 2 amide bonds. The van der Waals surface area contributed by atoms with Crippen LogP contribution in [0.25, 0.3) is 0 Å². The Kier molecular flexibility index (Phi) is 3.81. The number of nitrogens with one attached hydrogen (secondary N) is 2. The van der Waals surface area contributed by atoms with Gasteiger partial charge in [0, 0.05) is 17.0 Å². The average Bonchev–Trinajstić information content (AvgIpc) is 2.19. The highest BCUT2D eigenvalue weighted by Crippen LogP contribution is 2.23. The van der Waals surface area contributed by atoms with Gasteiger partial charge in [-0.2, -0.15) is 0 Å². The van der Waals surface area contributed by atoms with Crippen molar-refractivity contribution in [3.05, 3.63) is 28.2 Å². The molecule has 15 heavy (non-hydrogen) atoms. The molecule has 0 aliphatic carbocycles. The summed E-state index contributed by atoms with van der Waals surface area (Å²) in [6.07, 6.45) is 0. The van der Waals surface area contributed by atoms with Crippen molar-refractivity contribution in [3.63, 3.8) is 0 Å². The lowest BCUT2D eigenvalue weighted by Crippen LogP contribution is -2.29. The highest BCUT2D eigenvalue weighted by molar-refractivity contribution is 9.10. The highest BCUT2D eigenvalue weighted by Gasteiger charge is 2.07. The van der Waals surface area contributed by atoms with Gasteiger partial charge in [-0.15, -0.1) is 0 Å². The summed E-state index contributed by atoms with van der Waals surface area (Å²) in [5, 5.41) is 2.61. The first-order valence-electron chi connectivity index (χ1n) is 4.12. The molecule has 0 fully saturated rings. The highest BCUT2D eigenvalue weighted by atomic mass is 79.9. The Labute approximate surface area is 95.1 Å². The Morgan fingerprint density at radius 1 is 1.40 bits per heavy atom. The van der Waals surface area contributed by atoms with E-state index in [1.165, 1.54) is 6.92 Å². The van der Waals surface area contributed by atoms with E-state index >= 15 is 0 Å². The molecule has 0 aliphatic heterocycles. The number of nitrogen functional groups attached to an aromatic ring is 1. The van der Waals surface area contributed by atoms with Crippen LogP contribution in [0.1, 0.15) is 17.3 Å². The number of hydrogen-bond acceptors (Lipinski definition) is 3. The Morgan fingerprint density at radius 3 is 2.53 bits per heavy atom. The molecular formula is C9H10BrN3O2. The molecule has 0 aliphatic rings. The van der Waals surface area contributed by atoms with Crippen LogP contribution in [-0.4, -0.2) is 11.8 Å². The molecule has 0 spiro atoms. The van der Waals surface area contributed by atoms with Crippen molar-refractivity contribution in [2.75, 3.05) is 5.32 Å². The third-order valence-corrected chi connectivity index (χ3v) is 2.33. The molecule has 0 saturated carbocycles. The van der Waals surface area contributed by atoms with Crippen LogP contribution in [0.5, 0.6) is 0 Å². The zero-order valence-electron chi connectivity index (χ0n) is 8.00. The molecule has 5 nitrogen and oxygen atoms in total. The average molecular weight is 272 g/mol. The van der Waals surface area contributed by atoms with Crippen molar-refractivity contribution in [3.8, 4) is 0 Å². The zero-order chi connectivity index (χ0) is 11.4. The molecular weight excluding hydrogens is 262 g/mol. The summed E-state index contributed by atoms with van der Waals surface area (Å²) in [4.78, 5) is 22.0. The lowest BCUT2D eigenvalue weighted by Gasteiger charge is -2.06. The number of carbonyl (C=O) groups excluding carboxylic acids is 2. The summed E-state index contributed by atoms with van der Waals surface area (Å²) in [6, 6.07) is 4.77. The first-order chi connectivity index (χ1) is 7.04. The number of nitrogens with two attached hydrogens (primary N) is 1. The number of carbonyl (C=O) groups is 2. The molecule has 80 valence electrons. The molecule has 1 aromatic carbocycles. The van der Waals surface area contributed by atoms with Crippen LogP contribution in [0.15, 0.2) is 22.7 Å². The fourth-order valence-electron chi connectivity index (χ4n) is 1.03. The van der Waals surface area contributed by atoms with Gasteiger partial charge < -0.3 is 5.32 Å². The van der Waals surface area contributed by atoms with Crippen LogP contribution in [0.2, 0.25) is 0 Å². The molecule has 6 heteroatoms. The van der Waals surface area contributed by atoms with Crippen molar-refractivity contribution in [1.82, 2.24) is 5.43 Å². The fourth-order valence-corrected chi connectivity index (χ4v) is 1.51. The molecule has 4 N–H and O–H groups in total. The Morgan fingerprint density at radius 2 is 2.07 bits per heavy atom. The number of hydrazine groups is 1. The molecule has 0 saturated heterocycles. The van der Waals surface area contributed by atoms with Crippen LogP contribution in [0.4, 0.5) is 5.69 Å². The minimum Gasteiger partial charge on any atom is -0.325 e. The standard InChI is InChI=1S/C9H10BrN3O2/c1-5(14)12-8-3-2-6(4-7(8)10)9(15)13-11/h2-4H,11H2,1H3,(H,12,14)(H,13,15). The molecule has 1 rings (SSSR count). The summed E-state index contributed by atoms with van der Waals surface area (Å²) in [5.74, 6) is 4.43. The molecule has 1 aromatic rings. The molecule has 0 bridgehead atoms. The van der Waals surface area contributed by atoms with Crippen molar-refractivity contribution in [1.29, 1.82) is 0 Å². The van der Waals surface area contributed by atoms with Crippen LogP contribution in [0.3, 0.4) is 0 Å². The summed E-state index contributed by atoms with van der Waals surface area (Å²) in [5.41, 5.74) is 3.04. The molecule has 0 heterocycles. The predicted octanol–water partition coefficient (Wildman–Crippen LogP) is 1.01. The topological polar surface area (TPSA) is 84.2 Å². The maximum absolute atomic E-state index is 11.2. The van der Waals surface area contributed by atoms with Crippen LogP contribution in [0, 0.1) is 0 Å². The van der Waals surface area contributed by atoms with E-state index in [2.05, 4.69) is 21.2 Å². The predicted molar refractivity (Wildman–Crippen MR) is 60.1 cm³/mol. The van der Waals surface area contributed by atoms with Gasteiger partial charge >= 0.3 is 0 Å². The monoisotopic (exact) mass is 271 g/mol.